The van der Waals surface area contributed by atoms with Crippen LogP contribution in [-0.2, 0) is 9.59 Å². The second-order valence-electron chi connectivity index (χ2n) is 6.19. The van der Waals surface area contributed by atoms with Crippen molar-refractivity contribution in [3.63, 3.8) is 0 Å². The fraction of sp³-hybridized carbons (Fsp3) is 0.333. The van der Waals surface area contributed by atoms with Gasteiger partial charge in [0.25, 0.3) is 0 Å². The van der Waals surface area contributed by atoms with E-state index in [4.69, 9.17) is 0 Å². The number of rotatable bonds is 9. The predicted octanol–water partition coefficient (Wildman–Crippen LogP) is 5.93. The standard InChI is InChI=1S/C21H25IN2O2S/c1-3-5-9-20(25)23-17-7-6-8-18(14-17)27-19(4-2)21(26)24-16-12-10-15(22)11-13-16/h6-8,10-14,19H,3-5,9H2,1-2H3,(H,23,25)(H,24,26). The van der Waals surface area contributed by atoms with E-state index in [0.717, 1.165) is 32.7 Å². The predicted molar refractivity (Wildman–Crippen MR) is 122 cm³/mol. The summed E-state index contributed by atoms with van der Waals surface area (Å²) in [4.78, 5) is 25.5. The van der Waals surface area contributed by atoms with Crippen LogP contribution in [-0.4, -0.2) is 17.1 Å². The van der Waals surface area contributed by atoms with E-state index in [1.54, 1.807) is 0 Å². The van der Waals surface area contributed by atoms with Gasteiger partial charge in [-0.1, -0.05) is 26.3 Å². The lowest BCUT2D eigenvalue weighted by Gasteiger charge is -2.15. The second kappa shape index (κ2) is 11.3. The second-order valence-corrected chi connectivity index (χ2v) is 8.71. The fourth-order valence-corrected chi connectivity index (χ4v) is 3.82. The van der Waals surface area contributed by atoms with Crippen LogP contribution in [0.4, 0.5) is 11.4 Å². The summed E-state index contributed by atoms with van der Waals surface area (Å²) in [5.41, 5.74) is 1.57. The molecule has 0 aliphatic carbocycles. The fourth-order valence-electron chi connectivity index (χ4n) is 2.45. The van der Waals surface area contributed by atoms with Crippen LogP contribution in [0.2, 0.25) is 0 Å². The normalized spacial score (nSPS) is 11.7. The third-order valence-corrected chi connectivity index (χ3v) is 6.01. The lowest BCUT2D eigenvalue weighted by Crippen LogP contribution is -2.24. The average Bonchev–Trinajstić information content (AvgIpc) is 2.66. The number of halogens is 1. The van der Waals surface area contributed by atoms with Crippen molar-refractivity contribution in [3.8, 4) is 0 Å². The van der Waals surface area contributed by atoms with E-state index < -0.39 is 0 Å². The maximum atomic E-state index is 12.6. The number of nitrogens with one attached hydrogen (secondary N) is 2. The summed E-state index contributed by atoms with van der Waals surface area (Å²) >= 11 is 3.75. The first-order chi connectivity index (χ1) is 13.0. The summed E-state index contributed by atoms with van der Waals surface area (Å²) in [6.45, 7) is 4.07. The molecule has 0 aliphatic rings. The van der Waals surface area contributed by atoms with Gasteiger partial charge >= 0.3 is 0 Å². The van der Waals surface area contributed by atoms with Crippen molar-refractivity contribution in [3.05, 3.63) is 52.1 Å². The molecular weight excluding hydrogens is 471 g/mol. The van der Waals surface area contributed by atoms with Crippen LogP contribution >= 0.6 is 34.4 Å². The molecule has 2 amide bonds. The SMILES string of the molecule is CCCCC(=O)Nc1cccc(SC(CC)C(=O)Nc2ccc(I)cc2)c1. The Morgan fingerprint density at radius 2 is 1.78 bits per heavy atom. The van der Waals surface area contributed by atoms with Crippen LogP contribution in [0.25, 0.3) is 0 Å². The van der Waals surface area contributed by atoms with E-state index in [1.165, 1.54) is 11.8 Å². The molecule has 0 fully saturated rings. The molecule has 0 aliphatic heterocycles. The van der Waals surface area contributed by atoms with Gasteiger partial charge < -0.3 is 10.6 Å². The summed E-state index contributed by atoms with van der Waals surface area (Å²) in [5, 5.41) is 5.71. The number of unbranched alkanes of at least 4 members (excludes halogenated alkanes) is 1. The molecule has 0 radical (unpaired) electrons. The summed E-state index contributed by atoms with van der Waals surface area (Å²) < 4.78 is 1.13. The molecule has 27 heavy (non-hydrogen) atoms. The van der Waals surface area contributed by atoms with E-state index in [2.05, 4.69) is 40.1 Å². The van der Waals surface area contributed by atoms with Crippen LogP contribution in [0.1, 0.15) is 39.5 Å². The lowest BCUT2D eigenvalue weighted by atomic mass is 10.2. The molecule has 2 aromatic rings. The molecule has 144 valence electrons. The Morgan fingerprint density at radius 1 is 1.04 bits per heavy atom. The van der Waals surface area contributed by atoms with Gasteiger partial charge in [-0.15, -0.1) is 11.8 Å². The maximum Gasteiger partial charge on any atom is 0.237 e. The Bertz CT molecular complexity index is 765. The molecule has 2 rings (SSSR count). The van der Waals surface area contributed by atoms with Crippen LogP contribution in [0.15, 0.2) is 53.4 Å². The van der Waals surface area contributed by atoms with E-state index in [-0.39, 0.29) is 17.1 Å². The molecule has 2 N–H and O–H groups in total. The van der Waals surface area contributed by atoms with Crippen molar-refractivity contribution in [2.24, 2.45) is 0 Å². The largest absolute Gasteiger partial charge is 0.326 e. The van der Waals surface area contributed by atoms with E-state index in [1.807, 2.05) is 55.5 Å². The van der Waals surface area contributed by atoms with E-state index in [0.29, 0.717) is 12.8 Å². The maximum absolute atomic E-state index is 12.6. The highest BCUT2D eigenvalue weighted by atomic mass is 127. The molecule has 1 atom stereocenters. The summed E-state index contributed by atoms with van der Waals surface area (Å²) in [5.74, 6) is 0.0172. The number of anilines is 2. The number of amides is 2. The molecule has 0 bridgehead atoms. The minimum absolute atomic E-state index is 0.0129. The molecule has 0 saturated heterocycles. The molecule has 4 nitrogen and oxygen atoms in total. The Morgan fingerprint density at radius 3 is 2.44 bits per heavy atom. The lowest BCUT2D eigenvalue weighted by molar-refractivity contribution is -0.116. The Balaban J connectivity index is 1.98. The van der Waals surface area contributed by atoms with Gasteiger partial charge in [-0.3, -0.25) is 9.59 Å². The van der Waals surface area contributed by atoms with Gasteiger partial charge in [0.2, 0.25) is 11.8 Å². The third-order valence-electron chi connectivity index (χ3n) is 3.93. The van der Waals surface area contributed by atoms with Crippen molar-refractivity contribution in [1.82, 2.24) is 0 Å². The highest BCUT2D eigenvalue weighted by Gasteiger charge is 2.18. The van der Waals surface area contributed by atoms with Gasteiger partial charge in [0.15, 0.2) is 0 Å². The smallest absolute Gasteiger partial charge is 0.237 e. The molecular formula is C21H25IN2O2S. The van der Waals surface area contributed by atoms with Crippen LogP contribution in [0.3, 0.4) is 0 Å². The van der Waals surface area contributed by atoms with Gasteiger partial charge in [0.1, 0.15) is 0 Å². The molecule has 0 spiro atoms. The highest BCUT2D eigenvalue weighted by molar-refractivity contribution is 14.1. The van der Waals surface area contributed by atoms with Crippen LogP contribution in [0, 0.1) is 3.57 Å². The first kappa shape index (κ1) is 21.8. The van der Waals surface area contributed by atoms with Gasteiger partial charge in [-0.25, -0.2) is 0 Å². The van der Waals surface area contributed by atoms with Crippen molar-refractivity contribution < 1.29 is 9.59 Å². The van der Waals surface area contributed by atoms with Gasteiger partial charge in [-0.05, 0) is 77.9 Å². The van der Waals surface area contributed by atoms with Gasteiger partial charge in [0.05, 0.1) is 5.25 Å². The number of thioether (sulfide) groups is 1. The monoisotopic (exact) mass is 496 g/mol. The zero-order chi connectivity index (χ0) is 19.6. The first-order valence-corrected chi connectivity index (χ1v) is 11.1. The molecule has 2 aromatic carbocycles. The molecule has 0 aromatic heterocycles. The number of carbonyl (C=O) groups is 2. The summed E-state index contributed by atoms with van der Waals surface area (Å²) in [6, 6.07) is 15.4. The molecule has 6 heteroatoms. The van der Waals surface area contributed by atoms with Gasteiger partial charge in [-0.2, -0.15) is 0 Å². The van der Waals surface area contributed by atoms with E-state index in [9.17, 15) is 9.59 Å². The van der Waals surface area contributed by atoms with Gasteiger partial charge in [0, 0.05) is 26.3 Å². The third kappa shape index (κ3) is 7.54. The topological polar surface area (TPSA) is 58.2 Å². The van der Waals surface area contributed by atoms with Crippen molar-refractivity contribution in [1.29, 1.82) is 0 Å². The van der Waals surface area contributed by atoms with Crippen LogP contribution in [0.5, 0.6) is 0 Å². The number of carbonyl (C=O) groups excluding carboxylic acids is 2. The Kier molecular flexibility index (Phi) is 9.14. The van der Waals surface area contributed by atoms with Crippen LogP contribution < -0.4 is 10.6 Å². The number of benzene rings is 2. The van der Waals surface area contributed by atoms with Crippen molar-refractivity contribution in [2.75, 3.05) is 10.6 Å². The molecule has 0 saturated carbocycles. The zero-order valence-corrected chi connectivity index (χ0v) is 18.6. The summed E-state index contributed by atoms with van der Waals surface area (Å²) in [6.07, 6.45) is 3.13. The number of hydrogen-bond donors (Lipinski definition) is 2. The van der Waals surface area contributed by atoms with E-state index >= 15 is 0 Å². The van der Waals surface area contributed by atoms with Crippen molar-refractivity contribution in [2.45, 2.75) is 49.7 Å². The molecule has 0 heterocycles. The average molecular weight is 496 g/mol. The minimum atomic E-state index is -0.199. The molecule has 1 unspecified atom stereocenters. The minimum Gasteiger partial charge on any atom is -0.326 e. The quantitative estimate of drug-likeness (QED) is 0.334. The Labute approximate surface area is 179 Å². The number of hydrogen-bond acceptors (Lipinski definition) is 3. The Hall–Kier alpha value is -1.54. The summed E-state index contributed by atoms with van der Waals surface area (Å²) in [7, 11) is 0. The zero-order valence-electron chi connectivity index (χ0n) is 15.6. The first-order valence-electron chi connectivity index (χ1n) is 9.14. The van der Waals surface area contributed by atoms with Crippen molar-refractivity contribution >= 4 is 57.5 Å². The highest BCUT2D eigenvalue weighted by Crippen LogP contribution is 2.28.